The molecule has 7 heteroatoms. The van der Waals surface area contributed by atoms with E-state index in [9.17, 15) is 0 Å². The molecular formula is C15H34O6Si. The van der Waals surface area contributed by atoms with Crippen molar-refractivity contribution in [3.8, 4) is 0 Å². The van der Waals surface area contributed by atoms with E-state index in [0.29, 0.717) is 39.5 Å². The van der Waals surface area contributed by atoms with Gasteiger partial charge in [0.25, 0.3) is 5.97 Å². The van der Waals surface area contributed by atoms with Gasteiger partial charge in [-0.05, 0) is 40.7 Å². The molecule has 0 aliphatic carbocycles. The van der Waals surface area contributed by atoms with Gasteiger partial charge in [-0.2, -0.15) is 0 Å². The molecule has 0 aliphatic rings. The van der Waals surface area contributed by atoms with E-state index in [0.717, 1.165) is 6.04 Å². The Morgan fingerprint density at radius 3 is 1.55 bits per heavy atom. The summed E-state index contributed by atoms with van der Waals surface area (Å²) in [7, 11) is -0.00853. The van der Waals surface area contributed by atoms with Crippen LogP contribution in [0.4, 0.5) is 0 Å². The Kier molecular flexibility index (Phi) is 13.4. The second kappa shape index (κ2) is 13.4. The first-order valence-corrected chi connectivity index (χ1v) is 10.3. The minimum atomic E-state index is -1.72. The zero-order valence-corrected chi connectivity index (χ0v) is 16.2. The molecule has 0 saturated heterocycles. The third kappa shape index (κ3) is 8.01. The second-order valence-electron chi connectivity index (χ2n) is 4.57. The van der Waals surface area contributed by atoms with Crippen LogP contribution in [0.15, 0.2) is 0 Å². The molecule has 0 spiro atoms. The molecule has 0 radical (unpaired) electrons. The van der Waals surface area contributed by atoms with Crippen LogP contribution in [0.1, 0.15) is 41.0 Å². The molecule has 134 valence electrons. The molecule has 22 heavy (non-hydrogen) atoms. The molecule has 0 rings (SSSR count). The highest BCUT2D eigenvalue weighted by molar-refractivity contribution is 6.52. The number of hydrogen-bond acceptors (Lipinski definition) is 6. The van der Waals surface area contributed by atoms with E-state index in [1.807, 2.05) is 34.6 Å². The molecule has 1 unspecified atom stereocenters. The maximum absolute atomic E-state index is 5.75. The minimum absolute atomic E-state index is 0.262. The van der Waals surface area contributed by atoms with Crippen LogP contribution in [0.5, 0.6) is 0 Å². The molecule has 0 heterocycles. The molecule has 6 nitrogen and oxygen atoms in total. The average Bonchev–Trinajstić information content (AvgIpc) is 2.49. The monoisotopic (exact) mass is 338 g/mol. The van der Waals surface area contributed by atoms with Crippen molar-refractivity contribution in [3.05, 3.63) is 0 Å². The van der Waals surface area contributed by atoms with E-state index in [-0.39, 0.29) is 5.91 Å². The lowest BCUT2D eigenvalue weighted by molar-refractivity contribution is -0.378. The van der Waals surface area contributed by atoms with Gasteiger partial charge in [0.05, 0.1) is 0 Å². The van der Waals surface area contributed by atoms with E-state index >= 15 is 0 Å². The molecule has 1 atom stereocenters. The normalized spacial score (nSPS) is 13.8. The number of rotatable bonds is 15. The van der Waals surface area contributed by atoms with Gasteiger partial charge in [-0.3, -0.25) is 0 Å². The standard InChI is InChI=1S/C15H34O6Si/c1-7-17-14(18-8-2)22(16-6)13-12-15(19-9-3,20-10-4)21-11-5/h14,22H,7-13H2,1-6H3. The quantitative estimate of drug-likeness (QED) is 0.338. The topological polar surface area (TPSA) is 55.4 Å². The lowest BCUT2D eigenvalue weighted by Crippen LogP contribution is -2.44. The summed E-state index contributed by atoms with van der Waals surface area (Å²) in [6, 6.07) is 0.779. The first-order chi connectivity index (χ1) is 10.6. The summed E-state index contributed by atoms with van der Waals surface area (Å²) >= 11 is 0. The molecule has 0 bridgehead atoms. The van der Waals surface area contributed by atoms with Crippen LogP contribution in [0.3, 0.4) is 0 Å². The van der Waals surface area contributed by atoms with Crippen molar-refractivity contribution in [1.29, 1.82) is 0 Å². The fourth-order valence-corrected chi connectivity index (χ4v) is 4.46. The molecule has 0 fully saturated rings. The Morgan fingerprint density at radius 2 is 1.23 bits per heavy atom. The Bertz CT molecular complexity index is 231. The van der Waals surface area contributed by atoms with Crippen LogP contribution >= 0.6 is 0 Å². The molecule has 0 aromatic rings. The van der Waals surface area contributed by atoms with Gasteiger partial charge in [-0.25, -0.2) is 0 Å². The van der Waals surface area contributed by atoms with Crippen molar-refractivity contribution in [2.75, 3.05) is 40.1 Å². The van der Waals surface area contributed by atoms with E-state index in [1.165, 1.54) is 0 Å². The molecular weight excluding hydrogens is 304 g/mol. The summed E-state index contributed by atoms with van der Waals surface area (Å²) in [6.45, 7) is 12.5. The lowest BCUT2D eigenvalue weighted by atomic mass is 10.4. The van der Waals surface area contributed by atoms with Crippen LogP contribution < -0.4 is 0 Å². The summed E-state index contributed by atoms with van der Waals surface area (Å²) in [5.74, 6) is -1.26. The fourth-order valence-electron chi connectivity index (χ4n) is 2.28. The summed E-state index contributed by atoms with van der Waals surface area (Å²) in [6.07, 6.45) is 0.601. The Hall–Kier alpha value is -0.0231. The van der Waals surface area contributed by atoms with Gasteiger partial charge >= 0.3 is 0 Å². The molecule has 0 amide bonds. The highest BCUT2D eigenvalue weighted by atomic mass is 28.3. The number of hydrogen-bond donors (Lipinski definition) is 0. The van der Waals surface area contributed by atoms with Crippen LogP contribution in [0.2, 0.25) is 6.04 Å². The third-order valence-corrected chi connectivity index (χ3v) is 5.55. The predicted molar refractivity (Wildman–Crippen MR) is 88.2 cm³/mol. The van der Waals surface area contributed by atoms with E-state index in [2.05, 4.69) is 0 Å². The Balaban J connectivity index is 4.80. The highest BCUT2D eigenvalue weighted by Gasteiger charge is 2.36. The van der Waals surface area contributed by atoms with Gasteiger partial charge in [0.2, 0.25) is 9.04 Å². The largest absolute Gasteiger partial charge is 0.417 e. The van der Waals surface area contributed by atoms with Gasteiger partial charge in [0, 0.05) is 46.6 Å². The summed E-state index contributed by atoms with van der Waals surface area (Å²) < 4.78 is 34.3. The van der Waals surface area contributed by atoms with E-state index < -0.39 is 15.0 Å². The van der Waals surface area contributed by atoms with Crippen molar-refractivity contribution in [2.24, 2.45) is 0 Å². The van der Waals surface area contributed by atoms with Crippen molar-refractivity contribution in [3.63, 3.8) is 0 Å². The van der Waals surface area contributed by atoms with E-state index in [4.69, 9.17) is 28.1 Å². The van der Waals surface area contributed by atoms with Crippen LogP contribution in [-0.4, -0.2) is 61.1 Å². The second-order valence-corrected chi connectivity index (χ2v) is 7.24. The highest BCUT2D eigenvalue weighted by Crippen LogP contribution is 2.25. The summed E-state index contributed by atoms with van der Waals surface area (Å²) in [4.78, 5) is 0. The third-order valence-electron chi connectivity index (χ3n) is 3.10. The fraction of sp³-hybridized carbons (Fsp3) is 1.00. The molecule has 0 saturated carbocycles. The molecule has 0 aliphatic heterocycles. The Morgan fingerprint density at radius 1 is 0.773 bits per heavy atom. The van der Waals surface area contributed by atoms with Crippen LogP contribution in [0, 0.1) is 0 Å². The average molecular weight is 339 g/mol. The SMILES string of the molecule is CCOC(OCC)[SiH](CCC(OCC)(OCC)OCC)OC. The van der Waals surface area contributed by atoms with Gasteiger partial charge < -0.3 is 28.1 Å². The maximum atomic E-state index is 5.75. The van der Waals surface area contributed by atoms with Gasteiger partial charge in [0.1, 0.15) is 0 Å². The maximum Gasteiger partial charge on any atom is 0.282 e. The zero-order valence-electron chi connectivity index (χ0n) is 15.1. The summed E-state index contributed by atoms with van der Waals surface area (Å²) in [5, 5.41) is 0. The lowest BCUT2D eigenvalue weighted by Gasteiger charge is -2.34. The Labute approximate surface area is 137 Å². The van der Waals surface area contributed by atoms with Gasteiger partial charge in [-0.1, -0.05) is 0 Å². The zero-order chi connectivity index (χ0) is 16.8. The van der Waals surface area contributed by atoms with Crippen LogP contribution in [-0.2, 0) is 28.1 Å². The van der Waals surface area contributed by atoms with E-state index in [1.54, 1.807) is 7.11 Å². The minimum Gasteiger partial charge on any atom is -0.417 e. The molecule has 0 N–H and O–H groups in total. The van der Waals surface area contributed by atoms with Crippen LogP contribution in [0.25, 0.3) is 0 Å². The molecule has 0 aromatic heterocycles. The van der Waals surface area contributed by atoms with Crippen molar-refractivity contribution in [2.45, 2.75) is 59.0 Å². The molecule has 0 aromatic carbocycles. The van der Waals surface area contributed by atoms with Crippen molar-refractivity contribution < 1.29 is 28.1 Å². The predicted octanol–water partition coefficient (Wildman–Crippen LogP) is 2.45. The summed E-state index contributed by atoms with van der Waals surface area (Å²) in [5.41, 5.74) is 0. The number of ether oxygens (including phenoxy) is 5. The van der Waals surface area contributed by atoms with Gasteiger partial charge in [-0.15, -0.1) is 0 Å². The first-order valence-electron chi connectivity index (χ1n) is 8.30. The van der Waals surface area contributed by atoms with Crippen molar-refractivity contribution in [1.82, 2.24) is 0 Å². The van der Waals surface area contributed by atoms with Crippen molar-refractivity contribution >= 4 is 9.04 Å². The smallest absolute Gasteiger partial charge is 0.282 e. The van der Waals surface area contributed by atoms with Gasteiger partial charge in [0.15, 0.2) is 5.91 Å². The first kappa shape index (κ1) is 22.0.